The number of allylic oxidation sites excluding steroid dienone is 4. The first-order valence-corrected chi connectivity index (χ1v) is 15.1. The second-order valence-corrected chi connectivity index (χ2v) is 13.7. The Morgan fingerprint density at radius 1 is 1.23 bits per heavy atom. The number of hydrogen-bond acceptors (Lipinski definition) is 8. The molecule has 6 rings (SSSR count). The Balaban J connectivity index is 1.39. The minimum Gasteiger partial charge on any atom is -0.465 e. The second kappa shape index (κ2) is 9.19. The third-order valence-electron chi connectivity index (χ3n) is 10.7. The molecule has 1 unspecified atom stereocenters. The van der Waals surface area contributed by atoms with Gasteiger partial charge in [-0.3, -0.25) is 14.4 Å². The zero-order valence-corrected chi connectivity index (χ0v) is 23.3. The number of Topliss-reactive ketones (excluding diaryl/α,β-unsaturated/α-hetero) is 1. The number of ether oxygens (including phenoxy) is 3. The molecule has 0 aromatic carbocycles. The summed E-state index contributed by atoms with van der Waals surface area (Å²) in [5, 5.41) is 11.2. The van der Waals surface area contributed by atoms with Crippen molar-refractivity contribution in [3.8, 4) is 0 Å². The SMILES string of the molecule is CCCC1O[C@@H]2C[C@H]3[C@@H]4C[C@H](F)C5=CC(=O)C=C[C@]5(C)[C@@]4(F)[C@@H](O)C[C@]3(C)[C@]2(C(=O)CS[C@@H]2CCOC2=O)O1. The minimum absolute atomic E-state index is 0.0104. The molecule has 6 aliphatic rings. The van der Waals surface area contributed by atoms with E-state index in [4.69, 9.17) is 14.2 Å². The number of aliphatic hydroxyl groups is 1. The van der Waals surface area contributed by atoms with Crippen molar-refractivity contribution in [3.05, 3.63) is 23.8 Å². The first kappa shape index (κ1) is 27.5. The zero-order chi connectivity index (χ0) is 28.0. The molecule has 2 saturated heterocycles. The Morgan fingerprint density at radius 3 is 2.69 bits per heavy atom. The highest BCUT2D eigenvalue weighted by molar-refractivity contribution is 8.01. The fraction of sp³-hybridized carbons (Fsp3) is 0.759. The number of halogens is 2. The Bertz CT molecular complexity index is 1160. The largest absolute Gasteiger partial charge is 0.465 e. The predicted molar refractivity (Wildman–Crippen MR) is 138 cm³/mol. The van der Waals surface area contributed by atoms with Gasteiger partial charge in [0.25, 0.3) is 0 Å². The highest BCUT2D eigenvalue weighted by atomic mass is 32.2. The summed E-state index contributed by atoms with van der Waals surface area (Å²) in [5.74, 6) is -2.43. The number of cyclic esters (lactones) is 1. The van der Waals surface area contributed by atoms with Crippen molar-refractivity contribution in [2.24, 2.45) is 22.7 Å². The van der Waals surface area contributed by atoms with E-state index in [1.54, 1.807) is 6.92 Å². The van der Waals surface area contributed by atoms with Gasteiger partial charge >= 0.3 is 5.97 Å². The van der Waals surface area contributed by atoms with Gasteiger partial charge in [-0.1, -0.05) is 26.3 Å². The molecular weight excluding hydrogens is 530 g/mol. The van der Waals surface area contributed by atoms with Crippen LogP contribution in [0.4, 0.5) is 8.78 Å². The summed E-state index contributed by atoms with van der Waals surface area (Å²) in [7, 11) is 0. The van der Waals surface area contributed by atoms with Crippen molar-refractivity contribution < 1.29 is 42.5 Å². The van der Waals surface area contributed by atoms with Crippen molar-refractivity contribution >= 4 is 29.3 Å². The summed E-state index contributed by atoms with van der Waals surface area (Å²) in [6, 6.07) is 0. The molecule has 1 N–H and O–H groups in total. The molecule has 11 atom stereocenters. The first-order valence-electron chi connectivity index (χ1n) is 14.0. The van der Waals surface area contributed by atoms with Gasteiger partial charge in [0.15, 0.2) is 29.1 Å². The molecule has 5 fully saturated rings. The smallest absolute Gasteiger partial charge is 0.319 e. The quantitative estimate of drug-likeness (QED) is 0.485. The van der Waals surface area contributed by atoms with Gasteiger partial charge in [-0.2, -0.15) is 0 Å². The number of aliphatic hydroxyl groups excluding tert-OH is 1. The van der Waals surface area contributed by atoms with E-state index >= 15 is 8.78 Å². The van der Waals surface area contributed by atoms with E-state index in [2.05, 4.69) is 0 Å². The minimum atomic E-state index is -2.24. The van der Waals surface area contributed by atoms with Crippen molar-refractivity contribution in [2.45, 2.75) is 100 Å². The summed E-state index contributed by atoms with van der Waals surface area (Å²) >= 11 is 1.22. The van der Waals surface area contributed by atoms with Crippen LogP contribution in [-0.4, -0.2) is 76.2 Å². The van der Waals surface area contributed by atoms with Crippen LogP contribution in [0.3, 0.4) is 0 Å². The van der Waals surface area contributed by atoms with Crippen LogP contribution in [0.2, 0.25) is 0 Å². The maximum Gasteiger partial charge on any atom is 0.319 e. The van der Waals surface area contributed by atoms with Crippen LogP contribution in [0.25, 0.3) is 0 Å². The van der Waals surface area contributed by atoms with Crippen molar-refractivity contribution in [1.82, 2.24) is 0 Å². The van der Waals surface area contributed by atoms with E-state index < -0.39 is 69.6 Å². The molecular formula is C29H36F2O7S. The summed E-state index contributed by atoms with van der Waals surface area (Å²) in [6.45, 7) is 5.72. The van der Waals surface area contributed by atoms with Gasteiger partial charge in [-0.25, -0.2) is 8.78 Å². The van der Waals surface area contributed by atoms with Gasteiger partial charge in [-0.05, 0) is 56.3 Å². The highest BCUT2D eigenvalue weighted by Crippen LogP contribution is 2.72. The van der Waals surface area contributed by atoms with E-state index in [0.29, 0.717) is 25.9 Å². The lowest BCUT2D eigenvalue weighted by Gasteiger charge is -2.63. The van der Waals surface area contributed by atoms with Gasteiger partial charge in [0.2, 0.25) is 0 Å². The summed E-state index contributed by atoms with van der Waals surface area (Å²) in [5.41, 5.74) is -6.15. The average molecular weight is 567 g/mol. The molecule has 0 amide bonds. The van der Waals surface area contributed by atoms with Gasteiger partial charge in [-0.15, -0.1) is 11.8 Å². The molecule has 3 saturated carbocycles. The lowest BCUT2D eigenvalue weighted by molar-refractivity contribution is -0.233. The van der Waals surface area contributed by atoms with Crippen LogP contribution < -0.4 is 0 Å². The summed E-state index contributed by atoms with van der Waals surface area (Å²) in [6.07, 6.45) is 1.35. The molecule has 0 bridgehead atoms. The Hall–Kier alpha value is -1.62. The van der Waals surface area contributed by atoms with Gasteiger partial charge < -0.3 is 19.3 Å². The van der Waals surface area contributed by atoms with E-state index in [1.165, 1.54) is 30.0 Å². The van der Waals surface area contributed by atoms with Crippen molar-refractivity contribution in [2.75, 3.05) is 12.4 Å². The standard InChI is InChI=1S/C29H36F2O7S/c1-4-5-24-37-23-12-16-17-11-19(30)18-10-15(32)6-8-26(18,2)28(17,31)21(33)13-27(16,3)29(23,38-24)22(34)14-39-20-7-9-36-25(20)35/h6,8,10,16-17,19-21,23-24,33H,4-5,7,9,11-14H2,1-3H3/t16-,17-,19-,20+,21-,23+,24?,26-,27-,28-,29+/m0/s1. The normalized spacial score (nSPS) is 50.1. The number of ketones is 2. The topological polar surface area (TPSA) is 99.1 Å². The Morgan fingerprint density at radius 2 is 2.00 bits per heavy atom. The lowest BCUT2D eigenvalue weighted by Crippen LogP contribution is -2.70. The number of thioether (sulfide) groups is 1. The number of fused-ring (bicyclic) bond motifs is 7. The van der Waals surface area contributed by atoms with E-state index in [-0.39, 0.29) is 35.9 Å². The maximum absolute atomic E-state index is 17.5. The van der Waals surface area contributed by atoms with Crippen LogP contribution in [0.1, 0.15) is 59.3 Å². The molecule has 4 aliphatic carbocycles. The highest BCUT2D eigenvalue weighted by Gasteiger charge is 2.79. The Labute approximate surface area is 231 Å². The molecule has 0 spiro atoms. The number of rotatable bonds is 6. The number of carbonyl (C=O) groups is 3. The van der Waals surface area contributed by atoms with E-state index in [9.17, 15) is 19.5 Å². The molecule has 0 aromatic heterocycles. The maximum atomic E-state index is 17.5. The molecule has 2 aliphatic heterocycles. The third-order valence-corrected chi connectivity index (χ3v) is 11.9. The number of carbonyl (C=O) groups excluding carboxylic acids is 3. The first-order chi connectivity index (χ1) is 18.4. The molecule has 0 aromatic rings. The molecule has 214 valence electrons. The average Bonchev–Trinajstić information content (AvgIpc) is 3.53. The fourth-order valence-corrected chi connectivity index (χ4v) is 9.83. The van der Waals surface area contributed by atoms with E-state index in [1.807, 2.05) is 13.8 Å². The van der Waals surface area contributed by atoms with Crippen LogP contribution in [0.15, 0.2) is 23.8 Å². The molecule has 7 nitrogen and oxygen atoms in total. The number of hydrogen-bond donors (Lipinski definition) is 1. The molecule has 2 heterocycles. The monoisotopic (exact) mass is 566 g/mol. The van der Waals surface area contributed by atoms with Crippen LogP contribution >= 0.6 is 11.8 Å². The van der Waals surface area contributed by atoms with Crippen LogP contribution in [0.5, 0.6) is 0 Å². The van der Waals surface area contributed by atoms with Gasteiger partial charge in [0, 0.05) is 23.2 Å². The summed E-state index contributed by atoms with van der Waals surface area (Å²) < 4.78 is 51.1. The predicted octanol–water partition coefficient (Wildman–Crippen LogP) is 3.81. The number of alkyl halides is 2. The third kappa shape index (κ3) is 3.53. The second-order valence-electron chi connectivity index (χ2n) is 12.5. The van der Waals surface area contributed by atoms with Gasteiger partial charge in [0.05, 0.1) is 24.6 Å². The fourth-order valence-electron chi connectivity index (χ4n) is 8.80. The lowest BCUT2D eigenvalue weighted by atomic mass is 9.44. The molecule has 39 heavy (non-hydrogen) atoms. The molecule has 10 heteroatoms. The Kier molecular flexibility index (Phi) is 6.49. The zero-order valence-electron chi connectivity index (χ0n) is 22.5. The number of esters is 1. The molecule has 0 radical (unpaired) electrons. The van der Waals surface area contributed by atoms with Gasteiger partial charge in [0.1, 0.15) is 11.4 Å². The summed E-state index contributed by atoms with van der Waals surface area (Å²) in [4.78, 5) is 38.3. The van der Waals surface area contributed by atoms with Crippen molar-refractivity contribution in [1.29, 1.82) is 0 Å². The van der Waals surface area contributed by atoms with Crippen molar-refractivity contribution in [3.63, 3.8) is 0 Å². The van der Waals surface area contributed by atoms with E-state index in [0.717, 1.165) is 6.42 Å². The van der Waals surface area contributed by atoms with Crippen LogP contribution in [0, 0.1) is 22.7 Å². The van der Waals surface area contributed by atoms with Crippen LogP contribution in [-0.2, 0) is 28.6 Å².